The molecule has 0 amide bonds. The first kappa shape index (κ1) is 27.1. The van der Waals surface area contributed by atoms with Crippen molar-refractivity contribution in [2.75, 3.05) is 7.11 Å². The van der Waals surface area contributed by atoms with Crippen molar-refractivity contribution in [3.63, 3.8) is 0 Å². The second-order valence-electron chi connectivity index (χ2n) is 11.6. The summed E-state index contributed by atoms with van der Waals surface area (Å²) < 4.78 is 5.99. The SMILES string of the molecule is COc1ccccc1[Si@@H](c1ccccc1)c1ccccc1P1Cc2ccc3ccccc3c2-c2c(ccc3ccccc23)C1. The van der Waals surface area contributed by atoms with Crippen molar-refractivity contribution in [1.29, 1.82) is 0 Å². The smallest absolute Gasteiger partial charge is 0.138 e. The molecule has 1 nitrogen and oxygen atoms in total. The van der Waals surface area contributed by atoms with E-state index in [0.717, 1.165) is 18.1 Å². The highest BCUT2D eigenvalue weighted by molar-refractivity contribution is 7.64. The van der Waals surface area contributed by atoms with Gasteiger partial charge < -0.3 is 4.74 Å². The van der Waals surface area contributed by atoms with Gasteiger partial charge in [0, 0.05) is 0 Å². The molecule has 7 aromatic rings. The van der Waals surface area contributed by atoms with Gasteiger partial charge >= 0.3 is 0 Å². The molecule has 0 saturated carbocycles. The molecule has 0 aromatic heterocycles. The monoisotopic (exact) mass is 600 g/mol. The molecule has 0 unspecified atom stereocenters. The highest BCUT2D eigenvalue weighted by Gasteiger charge is 2.30. The summed E-state index contributed by atoms with van der Waals surface area (Å²) in [5.74, 6) is 0.991. The van der Waals surface area contributed by atoms with Crippen molar-refractivity contribution in [1.82, 2.24) is 0 Å². The van der Waals surface area contributed by atoms with Crippen LogP contribution in [0.25, 0.3) is 32.7 Å². The molecular formula is C41H33OPSi. The van der Waals surface area contributed by atoms with Gasteiger partial charge in [-0.3, -0.25) is 0 Å². The number of ether oxygens (including phenoxy) is 1. The topological polar surface area (TPSA) is 9.23 Å². The number of hydrogen-bond acceptors (Lipinski definition) is 1. The number of para-hydroxylation sites is 1. The van der Waals surface area contributed by atoms with E-state index in [2.05, 4.69) is 152 Å². The molecule has 212 valence electrons. The zero-order valence-electron chi connectivity index (χ0n) is 24.8. The Hall–Kier alpha value is -4.49. The van der Waals surface area contributed by atoms with Gasteiger partial charge in [0.1, 0.15) is 14.5 Å². The van der Waals surface area contributed by atoms with Crippen LogP contribution in [0.3, 0.4) is 0 Å². The highest BCUT2D eigenvalue weighted by atomic mass is 31.1. The van der Waals surface area contributed by atoms with Gasteiger partial charge in [-0.1, -0.05) is 159 Å². The van der Waals surface area contributed by atoms with Gasteiger partial charge in [0.15, 0.2) is 0 Å². The molecule has 0 bridgehead atoms. The quantitative estimate of drug-likeness (QED) is 0.112. The lowest BCUT2D eigenvalue weighted by molar-refractivity contribution is 0.418. The third-order valence-electron chi connectivity index (χ3n) is 9.17. The molecular weight excluding hydrogens is 568 g/mol. The first-order valence-electron chi connectivity index (χ1n) is 15.3. The third-order valence-corrected chi connectivity index (χ3v) is 15.2. The zero-order chi connectivity index (χ0) is 29.5. The van der Waals surface area contributed by atoms with Crippen molar-refractivity contribution in [2.24, 2.45) is 0 Å². The molecule has 1 aliphatic heterocycles. The Morgan fingerprint density at radius 1 is 0.500 bits per heavy atom. The predicted octanol–water partition coefficient (Wildman–Crippen LogP) is 7.74. The zero-order valence-corrected chi connectivity index (χ0v) is 26.8. The van der Waals surface area contributed by atoms with Gasteiger partial charge in [0.05, 0.1) is 7.11 Å². The largest absolute Gasteiger partial charge is 0.497 e. The Morgan fingerprint density at radius 2 is 1.02 bits per heavy atom. The number of methoxy groups -OCH3 is 1. The van der Waals surface area contributed by atoms with Crippen LogP contribution in [-0.2, 0) is 12.3 Å². The second-order valence-corrected chi connectivity index (χ2v) is 16.6. The molecule has 3 heteroatoms. The van der Waals surface area contributed by atoms with E-state index in [0.29, 0.717) is 0 Å². The summed E-state index contributed by atoms with van der Waals surface area (Å²) in [5.41, 5.74) is 5.79. The van der Waals surface area contributed by atoms with Crippen LogP contribution in [0.4, 0.5) is 0 Å². The molecule has 0 fully saturated rings. The van der Waals surface area contributed by atoms with E-state index < -0.39 is 16.7 Å². The van der Waals surface area contributed by atoms with Crippen LogP contribution < -0.4 is 25.6 Å². The third kappa shape index (κ3) is 4.67. The van der Waals surface area contributed by atoms with Crippen molar-refractivity contribution in [3.8, 4) is 16.9 Å². The summed E-state index contributed by atoms with van der Waals surface area (Å²) in [6.07, 6.45) is 2.13. The summed E-state index contributed by atoms with van der Waals surface area (Å²) in [6, 6.07) is 56.5. The lowest BCUT2D eigenvalue weighted by Crippen LogP contribution is -2.56. The number of rotatable bonds is 5. The molecule has 8 rings (SSSR count). The normalized spacial score (nSPS) is 13.7. The minimum absolute atomic E-state index is 0.531. The maximum Gasteiger partial charge on any atom is 0.138 e. The maximum absolute atomic E-state index is 5.99. The van der Waals surface area contributed by atoms with E-state index in [-0.39, 0.29) is 0 Å². The van der Waals surface area contributed by atoms with Gasteiger partial charge in [0.2, 0.25) is 0 Å². The second kappa shape index (κ2) is 11.5. The molecule has 0 saturated heterocycles. The van der Waals surface area contributed by atoms with Crippen LogP contribution in [0.1, 0.15) is 11.1 Å². The summed E-state index contributed by atoms with van der Waals surface area (Å²) in [6.45, 7) is 0. The Bertz CT molecular complexity index is 2050. The number of hydrogen-bond donors (Lipinski definition) is 0. The van der Waals surface area contributed by atoms with Gasteiger partial charge in [-0.25, -0.2) is 0 Å². The standard InChI is InChI=1S/C41H33OPSi/c1-42-36-19-9-11-21-38(36)44(33-15-3-2-4-16-33)39-22-12-10-20-37(39)43-27-31-25-23-29-13-5-7-17-34(29)40(31)41-32(28-43)26-24-30-14-6-8-18-35(30)41/h2-26,44H,27-28H2,1H3/t44-/m1/s1. The summed E-state index contributed by atoms with van der Waals surface area (Å²) in [5, 5.41) is 11.2. The maximum atomic E-state index is 5.99. The van der Waals surface area contributed by atoms with Crippen LogP contribution in [0.5, 0.6) is 5.75 Å². The van der Waals surface area contributed by atoms with Crippen molar-refractivity contribution in [2.45, 2.75) is 12.3 Å². The van der Waals surface area contributed by atoms with Crippen LogP contribution in [-0.4, -0.2) is 15.9 Å². The fourth-order valence-corrected chi connectivity index (χ4v) is 13.9. The van der Waals surface area contributed by atoms with E-state index in [4.69, 9.17) is 4.74 Å². The van der Waals surface area contributed by atoms with E-state index in [1.807, 2.05) is 0 Å². The van der Waals surface area contributed by atoms with E-state index in [1.165, 1.54) is 64.7 Å². The lowest BCUT2D eigenvalue weighted by atomic mass is 9.88. The van der Waals surface area contributed by atoms with E-state index in [9.17, 15) is 0 Å². The van der Waals surface area contributed by atoms with Crippen LogP contribution in [0, 0.1) is 0 Å². The van der Waals surface area contributed by atoms with Crippen LogP contribution >= 0.6 is 7.92 Å². The minimum Gasteiger partial charge on any atom is -0.497 e. The molecule has 7 aromatic carbocycles. The predicted molar refractivity (Wildman–Crippen MR) is 193 cm³/mol. The average Bonchev–Trinajstić information content (AvgIpc) is 3.27. The molecule has 44 heavy (non-hydrogen) atoms. The minimum atomic E-state index is -1.85. The summed E-state index contributed by atoms with van der Waals surface area (Å²) in [7, 11) is -0.579. The van der Waals surface area contributed by atoms with Gasteiger partial charge in [-0.05, 0) is 77.9 Å². The molecule has 1 aliphatic rings. The first-order chi connectivity index (χ1) is 21.8. The Labute approximate surface area is 262 Å². The summed E-state index contributed by atoms with van der Waals surface area (Å²) in [4.78, 5) is 0. The molecule has 0 aliphatic carbocycles. The molecule has 0 spiro atoms. The van der Waals surface area contributed by atoms with Gasteiger partial charge in [-0.2, -0.15) is 0 Å². The molecule has 1 atom stereocenters. The molecule has 1 heterocycles. The fourth-order valence-electron chi connectivity index (χ4n) is 7.22. The summed E-state index contributed by atoms with van der Waals surface area (Å²) >= 11 is 0. The Morgan fingerprint density at radius 3 is 1.66 bits per heavy atom. The van der Waals surface area contributed by atoms with E-state index in [1.54, 1.807) is 7.11 Å². The molecule has 0 radical (unpaired) electrons. The van der Waals surface area contributed by atoms with E-state index >= 15 is 0 Å². The van der Waals surface area contributed by atoms with Crippen LogP contribution in [0.15, 0.2) is 152 Å². The van der Waals surface area contributed by atoms with Crippen LogP contribution in [0.2, 0.25) is 0 Å². The fraction of sp³-hybridized carbons (Fsp3) is 0.0732. The lowest BCUT2D eigenvalue weighted by Gasteiger charge is -2.26. The number of fused-ring (bicyclic) bond motifs is 7. The number of benzene rings is 7. The van der Waals surface area contributed by atoms with Gasteiger partial charge in [-0.15, -0.1) is 0 Å². The first-order valence-corrected chi connectivity index (χ1v) is 18.8. The Kier molecular flexibility index (Phi) is 7.10. The van der Waals surface area contributed by atoms with Crippen molar-refractivity contribution >= 4 is 59.1 Å². The average molecular weight is 601 g/mol. The van der Waals surface area contributed by atoms with Crippen molar-refractivity contribution < 1.29 is 4.74 Å². The van der Waals surface area contributed by atoms with Gasteiger partial charge in [0.25, 0.3) is 0 Å². The Balaban J connectivity index is 1.37. The molecule has 0 N–H and O–H groups in total. The van der Waals surface area contributed by atoms with Crippen molar-refractivity contribution in [3.05, 3.63) is 163 Å². The highest BCUT2D eigenvalue weighted by Crippen LogP contribution is 2.52.